The van der Waals surface area contributed by atoms with Gasteiger partial charge in [-0.1, -0.05) is 18.7 Å². The van der Waals surface area contributed by atoms with Crippen LogP contribution < -0.4 is 10.2 Å². The summed E-state index contributed by atoms with van der Waals surface area (Å²) in [6, 6.07) is 9.84. The molecule has 31 heavy (non-hydrogen) atoms. The van der Waals surface area contributed by atoms with Gasteiger partial charge in [-0.15, -0.1) is 11.3 Å². The van der Waals surface area contributed by atoms with Crippen LogP contribution in [0.25, 0.3) is 20.2 Å². The Kier molecular flexibility index (Phi) is 8.25. The molecular formula is C23H23FO6S. The van der Waals surface area contributed by atoms with Crippen molar-refractivity contribution in [2.75, 3.05) is 33.0 Å². The summed E-state index contributed by atoms with van der Waals surface area (Å²) in [5, 5.41) is 0.506. The molecule has 3 aromatic rings. The summed E-state index contributed by atoms with van der Waals surface area (Å²) >= 11 is 1.30. The summed E-state index contributed by atoms with van der Waals surface area (Å²) in [6.45, 7) is 6.71. The van der Waals surface area contributed by atoms with Gasteiger partial charge in [0.15, 0.2) is 11.7 Å². The number of aldehydes is 1. The highest BCUT2D eigenvalue weighted by Gasteiger charge is 2.16. The first-order chi connectivity index (χ1) is 15.0. The summed E-state index contributed by atoms with van der Waals surface area (Å²) in [4.78, 5) is 23.1. The van der Waals surface area contributed by atoms with E-state index in [-0.39, 0.29) is 24.0 Å². The number of benzene rings is 2. The second-order valence-electron chi connectivity index (χ2n) is 6.67. The summed E-state index contributed by atoms with van der Waals surface area (Å²) in [6.07, 6.45) is 0.0276. The average molecular weight is 446 g/mol. The van der Waals surface area contributed by atoms with E-state index in [0.29, 0.717) is 47.5 Å². The number of halogens is 1. The molecule has 0 bridgehead atoms. The maximum absolute atomic E-state index is 14.4. The molecule has 0 amide bonds. The zero-order valence-electron chi connectivity index (χ0n) is 17.1. The Bertz CT molecular complexity index is 1130. The summed E-state index contributed by atoms with van der Waals surface area (Å²) < 4.78 is 37.6. The van der Waals surface area contributed by atoms with Crippen LogP contribution in [0.4, 0.5) is 4.39 Å². The SMILES string of the molecule is C=C(C=O)COCCOCCOC(C)Oc1ccc(F)c2c(=O)c3ccccc3sc12. The second-order valence-corrected chi connectivity index (χ2v) is 7.73. The first-order valence-electron chi connectivity index (χ1n) is 9.72. The van der Waals surface area contributed by atoms with E-state index in [4.69, 9.17) is 18.9 Å². The molecule has 6 nitrogen and oxygen atoms in total. The third-order valence-electron chi connectivity index (χ3n) is 4.34. The van der Waals surface area contributed by atoms with E-state index in [2.05, 4.69) is 6.58 Å². The fourth-order valence-corrected chi connectivity index (χ4v) is 4.02. The number of fused-ring (bicyclic) bond motifs is 2. The van der Waals surface area contributed by atoms with Crippen LogP contribution in [0, 0.1) is 5.82 Å². The number of rotatable bonds is 12. The van der Waals surface area contributed by atoms with Crippen molar-refractivity contribution in [3.8, 4) is 5.75 Å². The molecule has 3 rings (SSSR count). The Labute approximate surface area is 182 Å². The Balaban J connectivity index is 1.56. The van der Waals surface area contributed by atoms with Gasteiger partial charge in [0.05, 0.1) is 43.1 Å². The third kappa shape index (κ3) is 5.95. The van der Waals surface area contributed by atoms with Gasteiger partial charge >= 0.3 is 0 Å². The van der Waals surface area contributed by atoms with Crippen LogP contribution in [0.2, 0.25) is 0 Å². The highest BCUT2D eigenvalue weighted by atomic mass is 32.1. The van der Waals surface area contributed by atoms with Crippen LogP contribution in [0.1, 0.15) is 6.92 Å². The normalized spacial score (nSPS) is 12.2. The lowest BCUT2D eigenvalue weighted by Crippen LogP contribution is -2.20. The minimum atomic E-state index is -0.627. The number of carbonyl (C=O) groups excluding carboxylic acids is 1. The number of carbonyl (C=O) groups is 1. The molecule has 0 spiro atoms. The van der Waals surface area contributed by atoms with Gasteiger partial charge in [-0.3, -0.25) is 9.59 Å². The van der Waals surface area contributed by atoms with Gasteiger partial charge in [0.2, 0.25) is 0 Å². The number of ether oxygens (including phenoxy) is 4. The van der Waals surface area contributed by atoms with Crippen LogP contribution in [0.5, 0.6) is 5.75 Å². The first-order valence-corrected chi connectivity index (χ1v) is 10.5. The maximum atomic E-state index is 14.4. The van der Waals surface area contributed by atoms with Gasteiger partial charge in [-0.05, 0) is 31.2 Å². The maximum Gasteiger partial charge on any atom is 0.198 e. The Morgan fingerprint density at radius 1 is 1.13 bits per heavy atom. The molecule has 164 valence electrons. The predicted molar refractivity (Wildman–Crippen MR) is 118 cm³/mol. The fourth-order valence-electron chi connectivity index (χ4n) is 2.88. The van der Waals surface area contributed by atoms with Crippen LogP contribution in [-0.2, 0) is 19.0 Å². The number of hydrogen-bond donors (Lipinski definition) is 0. The van der Waals surface area contributed by atoms with Crippen molar-refractivity contribution in [1.29, 1.82) is 0 Å². The molecule has 0 aliphatic heterocycles. The molecular weight excluding hydrogens is 423 g/mol. The van der Waals surface area contributed by atoms with Gasteiger partial charge in [-0.2, -0.15) is 0 Å². The topological polar surface area (TPSA) is 71.1 Å². The Hall–Kier alpha value is -2.65. The Morgan fingerprint density at radius 3 is 2.68 bits per heavy atom. The lowest BCUT2D eigenvalue weighted by molar-refractivity contribution is -0.105. The molecule has 1 unspecified atom stereocenters. The molecule has 0 aliphatic carbocycles. The zero-order valence-corrected chi connectivity index (χ0v) is 17.9. The summed E-state index contributed by atoms with van der Waals surface area (Å²) in [5.74, 6) is -0.184. The van der Waals surface area contributed by atoms with E-state index in [9.17, 15) is 14.0 Å². The van der Waals surface area contributed by atoms with Crippen molar-refractivity contribution >= 4 is 37.8 Å². The lowest BCUT2D eigenvalue weighted by atomic mass is 10.1. The van der Waals surface area contributed by atoms with Gasteiger partial charge in [0.25, 0.3) is 0 Å². The van der Waals surface area contributed by atoms with Crippen molar-refractivity contribution in [1.82, 2.24) is 0 Å². The molecule has 0 N–H and O–H groups in total. The second kappa shape index (κ2) is 11.1. The van der Waals surface area contributed by atoms with Gasteiger partial charge in [0.1, 0.15) is 17.9 Å². The molecule has 0 radical (unpaired) electrons. The van der Waals surface area contributed by atoms with Crippen molar-refractivity contribution in [2.45, 2.75) is 13.2 Å². The van der Waals surface area contributed by atoms with Crippen LogP contribution in [-0.4, -0.2) is 45.6 Å². The summed E-state index contributed by atoms with van der Waals surface area (Å²) in [7, 11) is 0. The smallest absolute Gasteiger partial charge is 0.198 e. The highest BCUT2D eigenvalue weighted by molar-refractivity contribution is 7.24. The van der Waals surface area contributed by atoms with Crippen LogP contribution in [0.3, 0.4) is 0 Å². The molecule has 0 aliphatic rings. The predicted octanol–water partition coefficient (Wildman–Crippen LogP) is 4.08. The van der Waals surface area contributed by atoms with Gasteiger partial charge in [0, 0.05) is 15.7 Å². The average Bonchev–Trinajstić information content (AvgIpc) is 2.77. The van der Waals surface area contributed by atoms with Gasteiger partial charge < -0.3 is 18.9 Å². The molecule has 0 saturated carbocycles. The monoisotopic (exact) mass is 446 g/mol. The van der Waals surface area contributed by atoms with E-state index in [1.165, 1.54) is 23.5 Å². The lowest BCUT2D eigenvalue weighted by Gasteiger charge is -2.17. The van der Waals surface area contributed by atoms with Crippen molar-refractivity contribution < 1.29 is 28.1 Å². The van der Waals surface area contributed by atoms with E-state index in [0.717, 1.165) is 4.70 Å². The molecule has 1 atom stereocenters. The van der Waals surface area contributed by atoms with Crippen molar-refractivity contribution in [2.24, 2.45) is 0 Å². The van der Waals surface area contributed by atoms with E-state index < -0.39 is 12.1 Å². The number of hydrogen-bond acceptors (Lipinski definition) is 7. The summed E-state index contributed by atoms with van der Waals surface area (Å²) in [5.41, 5.74) is 0.0221. The fraction of sp³-hybridized carbons (Fsp3) is 0.304. The van der Waals surface area contributed by atoms with E-state index in [1.807, 2.05) is 12.1 Å². The van der Waals surface area contributed by atoms with E-state index >= 15 is 0 Å². The van der Waals surface area contributed by atoms with Crippen LogP contribution in [0.15, 0.2) is 53.3 Å². The highest BCUT2D eigenvalue weighted by Crippen LogP contribution is 2.34. The largest absolute Gasteiger partial charge is 0.464 e. The molecule has 1 aromatic heterocycles. The first kappa shape index (κ1) is 23.0. The Morgan fingerprint density at radius 2 is 1.87 bits per heavy atom. The molecule has 2 aromatic carbocycles. The molecule has 0 fully saturated rings. The molecule has 8 heteroatoms. The third-order valence-corrected chi connectivity index (χ3v) is 5.53. The van der Waals surface area contributed by atoms with Gasteiger partial charge in [-0.25, -0.2) is 4.39 Å². The zero-order chi connectivity index (χ0) is 22.2. The van der Waals surface area contributed by atoms with Crippen molar-refractivity contribution in [3.63, 3.8) is 0 Å². The minimum absolute atomic E-state index is 0.0222. The minimum Gasteiger partial charge on any atom is -0.464 e. The van der Waals surface area contributed by atoms with Crippen LogP contribution >= 0.6 is 11.3 Å². The standard InChI is InChI=1S/C23H23FO6S/c1-15(13-25)14-28-10-9-27-11-12-29-16(2)30-19-8-7-18(24)21-22(26)17-5-3-4-6-20(17)31-23(19)21/h3-8,13,16H,1,9-12,14H2,2H3. The molecule has 0 saturated heterocycles. The molecule has 1 heterocycles. The van der Waals surface area contributed by atoms with E-state index in [1.54, 1.807) is 19.1 Å². The quantitative estimate of drug-likeness (QED) is 0.137. The van der Waals surface area contributed by atoms with Crippen molar-refractivity contribution in [3.05, 3.63) is 64.6 Å².